The molecule has 0 aromatic heterocycles. The number of aliphatic carboxylic acids is 1. The molecule has 0 amide bonds. The minimum absolute atomic E-state index is 0.260. The van der Waals surface area contributed by atoms with Crippen molar-refractivity contribution >= 4 is 17.6 Å². The first-order valence-corrected chi connectivity index (χ1v) is 7.76. The Morgan fingerprint density at radius 2 is 2.00 bits per heavy atom. The van der Waals surface area contributed by atoms with Crippen LogP contribution in [0, 0.1) is 5.92 Å². The molecule has 0 heterocycles. The van der Waals surface area contributed by atoms with Gasteiger partial charge in [-0.05, 0) is 62.5 Å². The molecule has 21 heavy (non-hydrogen) atoms. The number of carboxylic acids is 1. The molecule has 0 radical (unpaired) electrons. The number of hydrogen-bond donors (Lipinski definition) is 2. The topological polar surface area (TPSA) is 58.6 Å². The molecule has 1 aromatic carbocycles. The van der Waals surface area contributed by atoms with Gasteiger partial charge in [-0.2, -0.15) is 0 Å². The Kier molecular flexibility index (Phi) is 8.87. The Labute approximate surface area is 131 Å². The summed E-state index contributed by atoms with van der Waals surface area (Å²) in [5, 5.41) is 12.7. The van der Waals surface area contributed by atoms with Gasteiger partial charge in [0.05, 0.1) is 6.61 Å². The maximum Gasteiger partial charge on any atom is 0.303 e. The maximum atomic E-state index is 10.5. The Morgan fingerprint density at radius 1 is 1.29 bits per heavy atom. The van der Waals surface area contributed by atoms with Crippen LogP contribution in [0.1, 0.15) is 32.6 Å². The van der Waals surface area contributed by atoms with Crippen molar-refractivity contribution < 1.29 is 14.6 Å². The normalized spacial score (nSPS) is 12.1. The first kappa shape index (κ1) is 17.8. The van der Waals surface area contributed by atoms with Crippen molar-refractivity contribution in [3.05, 3.63) is 29.3 Å². The van der Waals surface area contributed by atoms with Gasteiger partial charge in [-0.1, -0.05) is 18.5 Å². The Balaban J connectivity index is 1.95. The second kappa shape index (κ2) is 10.5. The van der Waals surface area contributed by atoms with E-state index >= 15 is 0 Å². The van der Waals surface area contributed by atoms with Gasteiger partial charge in [-0.25, -0.2) is 0 Å². The molecule has 1 aromatic rings. The van der Waals surface area contributed by atoms with E-state index in [4.69, 9.17) is 21.4 Å². The van der Waals surface area contributed by atoms with Crippen molar-refractivity contribution in [1.82, 2.24) is 5.32 Å². The highest BCUT2D eigenvalue weighted by molar-refractivity contribution is 6.30. The number of hydrogen-bond acceptors (Lipinski definition) is 3. The molecule has 1 rings (SSSR count). The van der Waals surface area contributed by atoms with Crippen LogP contribution >= 0.6 is 11.6 Å². The number of carbonyl (C=O) groups is 1. The molecular weight excluding hydrogens is 290 g/mol. The fourth-order valence-corrected chi connectivity index (χ4v) is 2.03. The van der Waals surface area contributed by atoms with E-state index in [-0.39, 0.29) is 6.42 Å². The lowest BCUT2D eigenvalue weighted by Gasteiger charge is -2.11. The predicted molar refractivity (Wildman–Crippen MR) is 85.1 cm³/mol. The van der Waals surface area contributed by atoms with Gasteiger partial charge in [0.25, 0.3) is 0 Å². The lowest BCUT2D eigenvalue weighted by molar-refractivity contribution is -0.137. The fourth-order valence-electron chi connectivity index (χ4n) is 1.91. The molecule has 0 spiro atoms. The third kappa shape index (κ3) is 9.32. The van der Waals surface area contributed by atoms with Crippen molar-refractivity contribution in [2.75, 3.05) is 19.7 Å². The quantitative estimate of drug-likeness (QED) is 0.613. The van der Waals surface area contributed by atoms with Gasteiger partial charge < -0.3 is 15.2 Å². The van der Waals surface area contributed by atoms with Gasteiger partial charge in [0.2, 0.25) is 0 Å². The lowest BCUT2D eigenvalue weighted by Crippen LogP contribution is -2.20. The van der Waals surface area contributed by atoms with Crippen LogP contribution in [0.15, 0.2) is 24.3 Å². The standard InChI is InChI=1S/C16H24ClNO3/c1-13(3-8-16(19)20)9-11-18-10-2-12-21-15-6-4-14(17)5-7-15/h4-7,13,18H,2-3,8-12H2,1H3,(H,19,20). The number of halogens is 1. The highest BCUT2D eigenvalue weighted by Crippen LogP contribution is 2.15. The number of rotatable bonds is 11. The van der Waals surface area contributed by atoms with E-state index < -0.39 is 5.97 Å². The third-order valence-electron chi connectivity index (χ3n) is 3.25. The monoisotopic (exact) mass is 313 g/mol. The van der Waals surface area contributed by atoms with E-state index in [2.05, 4.69) is 12.2 Å². The molecule has 118 valence electrons. The summed E-state index contributed by atoms with van der Waals surface area (Å²) >= 11 is 5.80. The van der Waals surface area contributed by atoms with E-state index in [9.17, 15) is 4.79 Å². The van der Waals surface area contributed by atoms with Crippen molar-refractivity contribution in [2.45, 2.75) is 32.6 Å². The third-order valence-corrected chi connectivity index (χ3v) is 3.50. The molecule has 0 saturated heterocycles. The van der Waals surface area contributed by atoms with Crippen LogP contribution in [-0.2, 0) is 4.79 Å². The lowest BCUT2D eigenvalue weighted by atomic mass is 10.0. The van der Waals surface area contributed by atoms with E-state index in [1.54, 1.807) is 0 Å². The van der Waals surface area contributed by atoms with E-state index in [0.29, 0.717) is 17.5 Å². The van der Waals surface area contributed by atoms with Crippen LogP contribution in [0.5, 0.6) is 5.75 Å². The number of nitrogens with one attached hydrogen (secondary N) is 1. The summed E-state index contributed by atoms with van der Waals surface area (Å²) in [7, 11) is 0. The highest BCUT2D eigenvalue weighted by atomic mass is 35.5. The molecule has 0 bridgehead atoms. The molecule has 0 aliphatic heterocycles. The zero-order valence-corrected chi connectivity index (χ0v) is 13.2. The summed E-state index contributed by atoms with van der Waals surface area (Å²) in [5.74, 6) is 0.565. The first-order valence-electron chi connectivity index (χ1n) is 7.39. The molecule has 1 atom stereocenters. The van der Waals surface area contributed by atoms with Crippen LogP contribution < -0.4 is 10.1 Å². The first-order chi connectivity index (χ1) is 10.1. The highest BCUT2D eigenvalue weighted by Gasteiger charge is 2.04. The fraction of sp³-hybridized carbons (Fsp3) is 0.562. The van der Waals surface area contributed by atoms with Crippen LogP contribution in [-0.4, -0.2) is 30.8 Å². The SMILES string of the molecule is CC(CCNCCCOc1ccc(Cl)cc1)CCC(=O)O. The average Bonchev–Trinajstić information content (AvgIpc) is 2.46. The van der Waals surface area contributed by atoms with E-state index in [1.165, 1.54) is 0 Å². The van der Waals surface area contributed by atoms with E-state index in [1.807, 2.05) is 24.3 Å². The van der Waals surface area contributed by atoms with Crippen molar-refractivity contribution in [3.63, 3.8) is 0 Å². The zero-order chi connectivity index (χ0) is 15.5. The zero-order valence-electron chi connectivity index (χ0n) is 12.5. The molecule has 1 unspecified atom stereocenters. The van der Waals surface area contributed by atoms with Gasteiger partial charge in [-0.15, -0.1) is 0 Å². The summed E-state index contributed by atoms with van der Waals surface area (Å²) in [6.07, 6.45) is 2.95. The van der Waals surface area contributed by atoms with Gasteiger partial charge in [0, 0.05) is 11.4 Å². The Hall–Kier alpha value is -1.26. The molecule has 2 N–H and O–H groups in total. The predicted octanol–water partition coefficient (Wildman–Crippen LogP) is 3.59. The van der Waals surface area contributed by atoms with Gasteiger partial charge in [0.1, 0.15) is 5.75 Å². The van der Waals surface area contributed by atoms with Gasteiger partial charge in [-0.3, -0.25) is 4.79 Å². The van der Waals surface area contributed by atoms with Crippen molar-refractivity contribution in [2.24, 2.45) is 5.92 Å². The summed E-state index contributed by atoms with van der Waals surface area (Å²) < 4.78 is 5.59. The van der Waals surface area contributed by atoms with Crippen LogP contribution in [0.4, 0.5) is 0 Å². The maximum absolute atomic E-state index is 10.5. The van der Waals surface area contributed by atoms with Crippen molar-refractivity contribution in [1.29, 1.82) is 0 Å². The van der Waals surface area contributed by atoms with Crippen LogP contribution in [0.3, 0.4) is 0 Å². The minimum Gasteiger partial charge on any atom is -0.494 e. The van der Waals surface area contributed by atoms with Crippen LogP contribution in [0.25, 0.3) is 0 Å². The average molecular weight is 314 g/mol. The largest absolute Gasteiger partial charge is 0.494 e. The summed E-state index contributed by atoms with van der Waals surface area (Å²) in [5.41, 5.74) is 0. The number of carboxylic acid groups (broad SMARTS) is 1. The number of benzene rings is 1. The molecule has 4 nitrogen and oxygen atoms in total. The molecule has 0 aliphatic rings. The summed E-state index contributed by atoms with van der Waals surface area (Å²) in [6.45, 7) is 4.58. The van der Waals surface area contributed by atoms with E-state index in [0.717, 1.165) is 38.1 Å². The summed E-state index contributed by atoms with van der Waals surface area (Å²) in [4.78, 5) is 10.5. The second-order valence-corrected chi connectivity index (χ2v) is 5.67. The Morgan fingerprint density at radius 3 is 2.67 bits per heavy atom. The molecule has 0 saturated carbocycles. The number of ether oxygens (including phenoxy) is 1. The second-order valence-electron chi connectivity index (χ2n) is 5.23. The van der Waals surface area contributed by atoms with Crippen LogP contribution in [0.2, 0.25) is 5.02 Å². The van der Waals surface area contributed by atoms with Gasteiger partial charge >= 0.3 is 5.97 Å². The minimum atomic E-state index is -0.714. The van der Waals surface area contributed by atoms with Crippen molar-refractivity contribution in [3.8, 4) is 5.75 Å². The summed E-state index contributed by atoms with van der Waals surface area (Å²) in [6, 6.07) is 7.35. The molecule has 5 heteroatoms. The smallest absolute Gasteiger partial charge is 0.303 e. The molecular formula is C16H24ClNO3. The van der Waals surface area contributed by atoms with Gasteiger partial charge in [0.15, 0.2) is 0 Å². The molecule has 0 fully saturated rings. The molecule has 0 aliphatic carbocycles. The Bertz CT molecular complexity index is 408.